The van der Waals surface area contributed by atoms with E-state index in [9.17, 15) is 14.7 Å². The molecule has 1 aromatic rings. The molecule has 338 valence electrons. The molecule has 13 heteroatoms. The van der Waals surface area contributed by atoms with Crippen molar-refractivity contribution in [2.24, 2.45) is 35.5 Å². The third-order valence-corrected chi connectivity index (χ3v) is 15.5. The zero-order valence-corrected chi connectivity index (χ0v) is 37.8. The molecule has 6 aliphatic rings. The van der Waals surface area contributed by atoms with Gasteiger partial charge in [0.1, 0.15) is 18.5 Å². The summed E-state index contributed by atoms with van der Waals surface area (Å²) < 4.78 is 65.7. The molecule has 1 N–H and O–H groups in total. The number of hydrogen-bond acceptors (Lipinski definition) is 12. The van der Waals surface area contributed by atoms with Crippen molar-refractivity contribution < 1.29 is 62.1 Å². The molecule has 1 aromatic carbocycles. The third-order valence-electron chi connectivity index (χ3n) is 15.5. The summed E-state index contributed by atoms with van der Waals surface area (Å²) in [6.07, 6.45) is 3.41. The van der Waals surface area contributed by atoms with Crippen LogP contribution in [0.5, 0.6) is 5.75 Å². The number of esters is 1. The Hall–Kier alpha value is -2.36. The lowest BCUT2D eigenvalue weighted by Gasteiger charge is -2.49. The normalized spacial score (nSPS) is 44.5. The Labute approximate surface area is 357 Å². The van der Waals surface area contributed by atoms with Gasteiger partial charge < -0.3 is 52.5 Å². The summed E-state index contributed by atoms with van der Waals surface area (Å²) in [7, 11) is 3.19. The molecule has 18 atom stereocenters. The maximum atomic E-state index is 12.7. The molecular weight excluding hydrogens is 773 g/mol. The van der Waals surface area contributed by atoms with E-state index in [2.05, 4.69) is 34.6 Å². The number of rotatable bonds is 13. The minimum absolute atomic E-state index is 0.125. The van der Waals surface area contributed by atoms with Gasteiger partial charge in [-0.3, -0.25) is 9.59 Å². The molecule has 0 bridgehead atoms. The molecule has 0 aliphatic carbocycles. The van der Waals surface area contributed by atoms with Gasteiger partial charge in [-0.1, -0.05) is 60.6 Å². The number of benzene rings is 1. The molecule has 0 saturated carbocycles. The minimum Gasteiger partial charge on any atom is -0.497 e. The first-order valence-electron chi connectivity index (χ1n) is 22.7. The van der Waals surface area contributed by atoms with Crippen molar-refractivity contribution in [3.63, 3.8) is 0 Å². The summed E-state index contributed by atoms with van der Waals surface area (Å²) >= 11 is 0. The maximum absolute atomic E-state index is 12.7. The lowest BCUT2D eigenvalue weighted by molar-refractivity contribution is -0.336. The van der Waals surface area contributed by atoms with Crippen LogP contribution < -0.4 is 4.74 Å². The van der Waals surface area contributed by atoms with Crippen molar-refractivity contribution in [2.45, 2.75) is 192 Å². The van der Waals surface area contributed by atoms with Gasteiger partial charge in [0, 0.05) is 49.7 Å². The molecule has 13 nitrogen and oxygen atoms in total. The van der Waals surface area contributed by atoms with E-state index in [-0.39, 0.29) is 66.4 Å². The van der Waals surface area contributed by atoms with Gasteiger partial charge in [-0.15, -0.1) is 0 Å². The number of carbonyl (C=O) groups excluding carboxylic acids is 1. The van der Waals surface area contributed by atoms with Crippen molar-refractivity contribution in [1.29, 1.82) is 0 Å². The second-order valence-electron chi connectivity index (χ2n) is 19.5. The highest BCUT2D eigenvalue weighted by molar-refractivity contribution is 5.70. The smallest absolute Gasteiger partial charge is 0.308 e. The lowest BCUT2D eigenvalue weighted by atomic mass is 9.78. The van der Waals surface area contributed by atoms with Crippen LogP contribution in [0.15, 0.2) is 24.3 Å². The number of carbonyl (C=O) groups is 2. The van der Waals surface area contributed by atoms with Crippen LogP contribution in [0.1, 0.15) is 132 Å². The Balaban J connectivity index is 1.05. The molecule has 7 rings (SSSR count). The molecule has 6 aliphatic heterocycles. The number of carboxylic acids is 1. The first-order valence-corrected chi connectivity index (χ1v) is 22.7. The van der Waals surface area contributed by atoms with Crippen molar-refractivity contribution >= 4 is 11.9 Å². The van der Waals surface area contributed by atoms with E-state index in [1.807, 2.05) is 38.1 Å². The van der Waals surface area contributed by atoms with Gasteiger partial charge in [0.25, 0.3) is 0 Å². The van der Waals surface area contributed by atoms with E-state index in [4.69, 9.17) is 47.4 Å². The average molecular weight is 845 g/mol. The van der Waals surface area contributed by atoms with E-state index in [1.165, 1.54) is 7.11 Å². The van der Waals surface area contributed by atoms with Crippen LogP contribution in [0.25, 0.3) is 0 Å². The van der Waals surface area contributed by atoms with Crippen LogP contribution in [-0.4, -0.2) is 103 Å². The van der Waals surface area contributed by atoms with E-state index in [1.54, 1.807) is 21.0 Å². The molecule has 6 heterocycles. The summed E-state index contributed by atoms with van der Waals surface area (Å²) in [5.41, 5.74) is -0.255. The molecule has 60 heavy (non-hydrogen) atoms. The fraction of sp³-hybridized carbons (Fsp3) is 0.830. The molecule has 0 radical (unpaired) electrons. The second kappa shape index (κ2) is 17.7. The lowest BCUT2D eigenvalue weighted by Crippen LogP contribution is -2.57. The number of hydrogen-bond donors (Lipinski definition) is 1. The largest absolute Gasteiger partial charge is 0.497 e. The van der Waals surface area contributed by atoms with Gasteiger partial charge in [-0.2, -0.15) is 0 Å². The Kier molecular flexibility index (Phi) is 13.4. The average Bonchev–Trinajstić information content (AvgIpc) is 4.03. The van der Waals surface area contributed by atoms with Gasteiger partial charge in [0.05, 0.1) is 60.9 Å². The molecule has 6 saturated heterocycles. The van der Waals surface area contributed by atoms with Gasteiger partial charge in [-0.25, -0.2) is 0 Å². The maximum Gasteiger partial charge on any atom is 0.308 e. The zero-order valence-electron chi connectivity index (χ0n) is 37.8. The number of carboxylic acid groups (broad SMARTS) is 1. The molecule has 6 fully saturated rings. The number of ether oxygens (including phenoxy) is 10. The van der Waals surface area contributed by atoms with Crippen LogP contribution in [0.3, 0.4) is 0 Å². The summed E-state index contributed by atoms with van der Waals surface area (Å²) in [6.45, 7) is 18.8. The Bertz CT molecular complexity index is 1660. The molecular formula is C47H72O13. The van der Waals surface area contributed by atoms with Crippen molar-refractivity contribution in [2.75, 3.05) is 20.8 Å². The van der Waals surface area contributed by atoms with Crippen molar-refractivity contribution in [1.82, 2.24) is 0 Å². The van der Waals surface area contributed by atoms with Gasteiger partial charge in [0.2, 0.25) is 0 Å². The Morgan fingerprint density at radius 1 is 0.933 bits per heavy atom. The first kappa shape index (κ1) is 45.7. The summed E-state index contributed by atoms with van der Waals surface area (Å²) in [4.78, 5) is 24.8. The minimum atomic E-state index is -1.04. The van der Waals surface area contributed by atoms with E-state index in [0.29, 0.717) is 25.9 Å². The van der Waals surface area contributed by atoms with E-state index >= 15 is 0 Å². The highest BCUT2D eigenvalue weighted by Gasteiger charge is 2.63. The summed E-state index contributed by atoms with van der Waals surface area (Å²) in [6, 6.07) is 7.78. The predicted octanol–water partition coefficient (Wildman–Crippen LogP) is 8.00. The SMILES string of the molecule is CCC(=O)O[C@H]1C[C@]2(CC[C@](C)([C@H]3CC[C@@](CC)([C@@H]4O[C@H]([C@H]5O[C@@]6(CO[C@H](c7ccc(OC)cc7)O6)[C@H](C)C[C@@H]5C)C[C@@H]4C)O3)O2)O[C@H]([C@@H](C)[C@@H](OC)[C@H](C)C(=O)O)[C@@H]1C. The van der Waals surface area contributed by atoms with Crippen LogP contribution in [0, 0.1) is 35.5 Å². The third kappa shape index (κ3) is 8.40. The Morgan fingerprint density at radius 2 is 1.67 bits per heavy atom. The van der Waals surface area contributed by atoms with Crippen molar-refractivity contribution in [3.8, 4) is 5.75 Å². The van der Waals surface area contributed by atoms with E-state index < -0.39 is 59.3 Å². The van der Waals surface area contributed by atoms with Crippen LogP contribution >= 0.6 is 0 Å². The fourth-order valence-corrected chi connectivity index (χ4v) is 11.8. The quantitative estimate of drug-likeness (QED) is 0.192. The first-order chi connectivity index (χ1) is 28.4. The topological polar surface area (TPSA) is 147 Å². The van der Waals surface area contributed by atoms with Gasteiger partial charge >= 0.3 is 11.9 Å². The van der Waals surface area contributed by atoms with Crippen molar-refractivity contribution in [3.05, 3.63) is 29.8 Å². The van der Waals surface area contributed by atoms with Gasteiger partial charge in [0.15, 0.2) is 17.9 Å². The second-order valence-corrected chi connectivity index (χ2v) is 19.5. The standard InChI is InChI=1S/C47H72O13/c1-12-37(48)54-35-24-46(57-40(29(35)6)30(7)39(52-11)31(8)42(49)50)21-20-44(9,60-46)36-18-19-45(13-2,56-36)41-27(4)23-34(55-41)38-26(3)22-28(5)47(58-38)25-53-43(59-47)32-14-16-33(51-10)17-15-32/h14-17,26-31,34-36,38-41,43H,12-13,18-25H2,1-11H3,(H,49,50)/t26-,27-,28+,29+,30-,31-,34-,35-,36+,38-,39+,40-,41+,43-,44+,45-,46+,47+/m0/s1. The monoisotopic (exact) mass is 844 g/mol. The predicted molar refractivity (Wildman–Crippen MR) is 220 cm³/mol. The summed E-state index contributed by atoms with van der Waals surface area (Å²) in [5.74, 6) is -3.01. The zero-order chi connectivity index (χ0) is 43.4. The van der Waals surface area contributed by atoms with Crippen LogP contribution in [0.4, 0.5) is 0 Å². The van der Waals surface area contributed by atoms with E-state index in [0.717, 1.165) is 43.4 Å². The highest BCUT2D eigenvalue weighted by Crippen LogP contribution is 2.56. The molecule has 2 spiro atoms. The Morgan fingerprint density at radius 3 is 2.32 bits per heavy atom. The number of aliphatic carboxylic acids is 1. The van der Waals surface area contributed by atoms with Crippen LogP contribution in [0.2, 0.25) is 0 Å². The van der Waals surface area contributed by atoms with Crippen LogP contribution in [-0.2, 0) is 52.2 Å². The molecule has 0 aromatic heterocycles. The molecule has 0 amide bonds. The fourth-order valence-electron chi connectivity index (χ4n) is 11.8. The highest BCUT2D eigenvalue weighted by atomic mass is 16.8. The van der Waals surface area contributed by atoms with Gasteiger partial charge in [-0.05, 0) is 76.3 Å². The number of methoxy groups -OCH3 is 2. The molecule has 0 unspecified atom stereocenters. The summed E-state index contributed by atoms with van der Waals surface area (Å²) in [5, 5.41) is 9.90.